The highest BCUT2D eigenvalue weighted by Crippen LogP contribution is 2.29. The molecule has 1 aromatic heterocycles. The van der Waals surface area contributed by atoms with Gasteiger partial charge in [0.2, 0.25) is 0 Å². The first-order valence-electron chi connectivity index (χ1n) is 9.58. The molecule has 5 rings (SSSR count). The van der Waals surface area contributed by atoms with E-state index < -0.39 is 0 Å². The summed E-state index contributed by atoms with van der Waals surface area (Å²) in [7, 11) is 3.55. The Balaban J connectivity index is 1.46. The van der Waals surface area contributed by atoms with Crippen LogP contribution in [0, 0.1) is 5.92 Å². The summed E-state index contributed by atoms with van der Waals surface area (Å²) in [5.41, 5.74) is 1.71. The fourth-order valence-corrected chi connectivity index (χ4v) is 4.13. The molecule has 28 heavy (non-hydrogen) atoms. The summed E-state index contributed by atoms with van der Waals surface area (Å²) in [6.07, 6.45) is 3.58. The number of carbonyl (C=O) groups excluding carboxylic acids is 2. The molecule has 3 fully saturated rings. The Kier molecular flexibility index (Phi) is 4.97. The van der Waals surface area contributed by atoms with E-state index in [9.17, 15) is 9.59 Å². The predicted molar refractivity (Wildman–Crippen MR) is 102 cm³/mol. The van der Waals surface area contributed by atoms with Gasteiger partial charge in [0, 0.05) is 45.3 Å². The summed E-state index contributed by atoms with van der Waals surface area (Å²) in [6.45, 7) is 2.61. The van der Waals surface area contributed by atoms with E-state index in [4.69, 9.17) is 0 Å². The summed E-state index contributed by atoms with van der Waals surface area (Å²) in [6, 6.07) is 7.71. The standard InChI is InChI=1S/C19H25N7O2/c1-23(2)19(28)24-9-15-5-8-17(12-24)26(11-15)18(27)16-6-3-14(4-7-16)10-25-13-20-21-22-25/h3-4,6-7,13,15,17H,5,8-12H2,1-2H3. The summed E-state index contributed by atoms with van der Waals surface area (Å²) in [5, 5.41) is 11.1. The Hall–Kier alpha value is -2.97. The highest BCUT2D eigenvalue weighted by Gasteiger charge is 2.39. The molecule has 3 saturated heterocycles. The van der Waals surface area contributed by atoms with Crippen LogP contribution in [0.2, 0.25) is 0 Å². The minimum absolute atomic E-state index is 0.0261. The number of amides is 3. The maximum Gasteiger partial charge on any atom is 0.319 e. The maximum atomic E-state index is 13.2. The second kappa shape index (κ2) is 7.57. The van der Waals surface area contributed by atoms with Crippen LogP contribution in [0.15, 0.2) is 30.6 Å². The van der Waals surface area contributed by atoms with E-state index in [1.807, 2.05) is 34.1 Å². The highest BCUT2D eigenvalue weighted by atomic mass is 16.2. The number of rotatable bonds is 3. The SMILES string of the molecule is CN(C)C(=O)N1CC2CCC(C1)N(C(=O)c1ccc(Cn3cnnn3)cc1)C2. The zero-order chi connectivity index (χ0) is 19.7. The molecular formula is C19H25N7O2. The van der Waals surface area contributed by atoms with Gasteiger partial charge in [0.05, 0.1) is 6.54 Å². The Morgan fingerprint density at radius 3 is 2.57 bits per heavy atom. The van der Waals surface area contributed by atoms with Crippen molar-refractivity contribution in [2.24, 2.45) is 5.92 Å². The Labute approximate surface area is 163 Å². The molecular weight excluding hydrogens is 358 g/mol. The topological polar surface area (TPSA) is 87.5 Å². The van der Waals surface area contributed by atoms with Gasteiger partial charge in [-0.15, -0.1) is 5.10 Å². The van der Waals surface area contributed by atoms with Gasteiger partial charge in [-0.3, -0.25) is 4.79 Å². The zero-order valence-electron chi connectivity index (χ0n) is 16.2. The number of nitrogens with zero attached hydrogens (tertiary/aromatic N) is 7. The molecule has 0 N–H and O–H groups in total. The fraction of sp³-hybridized carbons (Fsp3) is 0.526. The fourth-order valence-electron chi connectivity index (χ4n) is 4.13. The normalized spacial score (nSPS) is 21.5. The van der Waals surface area contributed by atoms with E-state index in [-0.39, 0.29) is 18.0 Å². The van der Waals surface area contributed by atoms with Gasteiger partial charge < -0.3 is 14.7 Å². The zero-order valence-corrected chi connectivity index (χ0v) is 16.2. The number of hydrogen-bond donors (Lipinski definition) is 0. The molecule has 2 atom stereocenters. The van der Waals surface area contributed by atoms with Crippen LogP contribution < -0.4 is 0 Å². The van der Waals surface area contributed by atoms with E-state index in [1.165, 1.54) is 0 Å². The molecule has 1 aromatic carbocycles. The van der Waals surface area contributed by atoms with Crippen molar-refractivity contribution in [3.63, 3.8) is 0 Å². The lowest BCUT2D eigenvalue weighted by Crippen LogP contribution is -2.48. The molecule has 0 saturated carbocycles. The number of fused-ring (bicyclic) bond motifs is 4. The van der Waals surface area contributed by atoms with Crippen molar-refractivity contribution in [1.82, 2.24) is 34.9 Å². The molecule has 3 amide bonds. The Bertz CT molecular complexity index is 834. The molecule has 0 radical (unpaired) electrons. The molecule has 0 aliphatic carbocycles. The molecule has 9 nitrogen and oxygen atoms in total. The van der Waals surface area contributed by atoms with Crippen LogP contribution >= 0.6 is 0 Å². The second-order valence-electron chi connectivity index (χ2n) is 7.84. The van der Waals surface area contributed by atoms with Crippen molar-refractivity contribution in [3.05, 3.63) is 41.7 Å². The van der Waals surface area contributed by atoms with Crippen molar-refractivity contribution in [1.29, 1.82) is 0 Å². The summed E-state index contributed by atoms with van der Waals surface area (Å²) in [4.78, 5) is 31.0. The van der Waals surface area contributed by atoms with Gasteiger partial charge in [0.25, 0.3) is 5.91 Å². The number of hydrogen-bond acceptors (Lipinski definition) is 5. The summed E-state index contributed by atoms with van der Waals surface area (Å²) >= 11 is 0. The number of tetrazole rings is 1. The van der Waals surface area contributed by atoms with Crippen LogP contribution in [0.25, 0.3) is 0 Å². The summed E-state index contributed by atoms with van der Waals surface area (Å²) in [5.74, 6) is 0.383. The van der Waals surface area contributed by atoms with Crippen molar-refractivity contribution >= 4 is 11.9 Å². The first kappa shape index (κ1) is 18.4. The number of carbonyl (C=O) groups is 2. The summed E-state index contributed by atoms with van der Waals surface area (Å²) < 4.78 is 1.64. The number of benzene rings is 1. The van der Waals surface area contributed by atoms with Crippen LogP contribution in [-0.4, -0.2) is 86.6 Å². The lowest BCUT2D eigenvalue weighted by molar-refractivity contribution is 0.0585. The van der Waals surface area contributed by atoms with Gasteiger partial charge in [-0.05, 0) is 46.9 Å². The quantitative estimate of drug-likeness (QED) is 0.787. The molecule has 2 bridgehead atoms. The average molecular weight is 383 g/mol. The first-order chi connectivity index (χ1) is 13.5. The van der Waals surface area contributed by atoms with Crippen molar-refractivity contribution in [2.75, 3.05) is 33.7 Å². The maximum absolute atomic E-state index is 13.2. The largest absolute Gasteiger partial charge is 0.334 e. The van der Waals surface area contributed by atoms with Crippen molar-refractivity contribution in [3.8, 4) is 0 Å². The first-order valence-corrected chi connectivity index (χ1v) is 9.58. The number of urea groups is 1. The monoisotopic (exact) mass is 383 g/mol. The Morgan fingerprint density at radius 2 is 1.89 bits per heavy atom. The lowest BCUT2D eigenvalue weighted by Gasteiger charge is -2.36. The molecule has 4 heterocycles. The van der Waals surface area contributed by atoms with E-state index in [0.29, 0.717) is 31.1 Å². The molecule has 9 heteroatoms. The van der Waals surface area contributed by atoms with Gasteiger partial charge >= 0.3 is 6.03 Å². The average Bonchev–Trinajstić information content (AvgIpc) is 3.04. The van der Waals surface area contributed by atoms with E-state index in [1.54, 1.807) is 30.0 Å². The Morgan fingerprint density at radius 1 is 1.11 bits per heavy atom. The third-order valence-corrected chi connectivity index (χ3v) is 5.56. The number of aromatic nitrogens is 4. The second-order valence-corrected chi connectivity index (χ2v) is 7.84. The molecule has 3 aliphatic heterocycles. The van der Waals surface area contributed by atoms with Gasteiger partial charge in [-0.2, -0.15) is 0 Å². The smallest absolute Gasteiger partial charge is 0.319 e. The molecule has 148 valence electrons. The molecule has 0 spiro atoms. The van der Waals surface area contributed by atoms with Gasteiger partial charge in [-0.25, -0.2) is 9.48 Å². The van der Waals surface area contributed by atoms with Crippen LogP contribution in [0.1, 0.15) is 28.8 Å². The third kappa shape index (κ3) is 3.69. The molecule has 3 aliphatic rings. The van der Waals surface area contributed by atoms with Crippen molar-refractivity contribution < 1.29 is 9.59 Å². The molecule has 2 unspecified atom stereocenters. The van der Waals surface area contributed by atoms with Crippen LogP contribution in [0.3, 0.4) is 0 Å². The predicted octanol–water partition coefficient (Wildman–Crippen LogP) is 0.939. The van der Waals surface area contributed by atoms with Crippen LogP contribution in [0.4, 0.5) is 4.79 Å². The highest BCUT2D eigenvalue weighted by molar-refractivity contribution is 5.94. The van der Waals surface area contributed by atoms with Crippen molar-refractivity contribution in [2.45, 2.75) is 25.4 Å². The minimum Gasteiger partial charge on any atom is -0.334 e. The van der Waals surface area contributed by atoms with Gasteiger partial charge in [0.1, 0.15) is 6.33 Å². The van der Waals surface area contributed by atoms with E-state index >= 15 is 0 Å². The van der Waals surface area contributed by atoms with Crippen LogP contribution in [0.5, 0.6) is 0 Å². The minimum atomic E-state index is 0.0261. The lowest BCUT2D eigenvalue weighted by atomic mass is 9.94. The van der Waals surface area contributed by atoms with Gasteiger partial charge in [-0.1, -0.05) is 12.1 Å². The van der Waals surface area contributed by atoms with E-state index in [0.717, 1.165) is 24.9 Å². The van der Waals surface area contributed by atoms with E-state index in [2.05, 4.69) is 15.5 Å². The van der Waals surface area contributed by atoms with Crippen LogP contribution in [-0.2, 0) is 6.54 Å². The molecule has 2 aromatic rings. The number of piperidine rings is 1. The van der Waals surface area contributed by atoms with Gasteiger partial charge in [0.15, 0.2) is 0 Å². The third-order valence-electron chi connectivity index (χ3n) is 5.56.